The minimum absolute atomic E-state index is 0.426. The second kappa shape index (κ2) is 5.56. The highest BCUT2D eigenvalue weighted by Crippen LogP contribution is 2.35. The smallest absolute Gasteiger partial charge is 0.162 e. The molecule has 0 amide bonds. The molecule has 0 spiro atoms. The Labute approximate surface area is 139 Å². The van der Waals surface area contributed by atoms with Crippen LogP contribution in [0.25, 0.3) is 22.3 Å². The van der Waals surface area contributed by atoms with Crippen molar-refractivity contribution in [2.75, 3.05) is 31.8 Å². The molecule has 0 saturated carbocycles. The Morgan fingerprint density at radius 2 is 1.83 bits per heavy atom. The fourth-order valence-corrected chi connectivity index (χ4v) is 3.05. The maximum absolute atomic E-state index is 6.16. The predicted molar refractivity (Wildman–Crippen MR) is 94.7 cm³/mol. The summed E-state index contributed by atoms with van der Waals surface area (Å²) < 4.78 is 10.7. The number of benzene rings is 2. The molecule has 3 aromatic rings. The van der Waals surface area contributed by atoms with Crippen LogP contribution in [0.2, 0.25) is 0 Å². The van der Waals surface area contributed by atoms with Crippen molar-refractivity contribution in [1.29, 1.82) is 0 Å². The molecule has 2 aromatic carbocycles. The lowest BCUT2D eigenvalue weighted by atomic mass is 10.1. The van der Waals surface area contributed by atoms with E-state index in [9.17, 15) is 0 Å². The Kier molecular flexibility index (Phi) is 3.37. The SMILES string of the molecule is COc1cc2nc(-c3ccc4c(c3)CCN4)nc(N)c2cc1OC. The zero-order chi connectivity index (χ0) is 16.7. The van der Waals surface area contributed by atoms with E-state index >= 15 is 0 Å². The average molecular weight is 322 g/mol. The summed E-state index contributed by atoms with van der Waals surface area (Å²) in [5, 5.41) is 4.10. The van der Waals surface area contributed by atoms with Gasteiger partial charge in [0.15, 0.2) is 17.3 Å². The number of rotatable bonds is 3. The summed E-state index contributed by atoms with van der Waals surface area (Å²) in [6, 6.07) is 9.83. The second-order valence-electron chi connectivity index (χ2n) is 5.71. The molecule has 1 aromatic heterocycles. The van der Waals surface area contributed by atoms with Crippen molar-refractivity contribution in [3.63, 3.8) is 0 Å². The molecule has 24 heavy (non-hydrogen) atoms. The summed E-state index contributed by atoms with van der Waals surface area (Å²) in [6.07, 6.45) is 1.01. The Morgan fingerprint density at radius 1 is 1.04 bits per heavy atom. The number of nitrogens with one attached hydrogen (secondary N) is 1. The van der Waals surface area contributed by atoms with Crippen molar-refractivity contribution in [2.24, 2.45) is 0 Å². The van der Waals surface area contributed by atoms with E-state index in [1.165, 1.54) is 11.3 Å². The molecule has 122 valence electrons. The first-order chi connectivity index (χ1) is 11.7. The first-order valence-electron chi connectivity index (χ1n) is 7.76. The van der Waals surface area contributed by atoms with Crippen LogP contribution < -0.4 is 20.5 Å². The number of ether oxygens (including phenoxy) is 2. The lowest BCUT2D eigenvalue weighted by molar-refractivity contribution is 0.356. The van der Waals surface area contributed by atoms with E-state index in [0.717, 1.165) is 29.4 Å². The number of methoxy groups -OCH3 is 2. The van der Waals surface area contributed by atoms with E-state index in [4.69, 9.17) is 15.2 Å². The third kappa shape index (κ3) is 2.27. The van der Waals surface area contributed by atoms with Gasteiger partial charge in [-0.1, -0.05) is 0 Å². The number of anilines is 2. The second-order valence-corrected chi connectivity index (χ2v) is 5.71. The normalized spacial score (nSPS) is 12.8. The Bertz CT molecular complexity index is 940. The lowest BCUT2D eigenvalue weighted by Gasteiger charge is -2.11. The van der Waals surface area contributed by atoms with Crippen molar-refractivity contribution in [2.45, 2.75) is 6.42 Å². The molecule has 6 nitrogen and oxygen atoms in total. The van der Waals surface area contributed by atoms with Crippen LogP contribution in [0.15, 0.2) is 30.3 Å². The standard InChI is InChI=1S/C18H18N4O2/c1-23-15-8-12-14(9-16(15)24-2)21-18(22-17(12)19)11-3-4-13-10(7-11)5-6-20-13/h3-4,7-9,20H,5-6H2,1-2H3,(H2,19,21,22). The monoisotopic (exact) mass is 322 g/mol. The van der Waals surface area contributed by atoms with Crippen LogP contribution in [0.5, 0.6) is 11.5 Å². The van der Waals surface area contributed by atoms with Crippen LogP contribution >= 0.6 is 0 Å². The topological polar surface area (TPSA) is 82.3 Å². The van der Waals surface area contributed by atoms with Crippen molar-refractivity contribution in [3.8, 4) is 22.9 Å². The molecule has 6 heteroatoms. The molecule has 2 heterocycles. The molecule has 0 atom stereocenters. The summed E-state index contributed by atoms with van der Waals surface area (Å²) in [7, 11) is 3.19. The minimum atomic E-state index is 0.426. The van der Waals surface area contributed by atoms with Gasteiger partial charge in [0.1, 0.15) is 5.82 Å². The van der Waals surface area contributed by atoms with E-state index in [0.29, 0.717) is 23.1 Å². The summed E-state index contributed by atoms with van der Waals surface area (Å²) in [4.78, 5) is 9.15. The van der Waals surface area contributed by atoms with E-state index in [-0.39, 0.29) is 0 Å². The quantitative estimate of drug-likeness (QED) is 0.771. The van der Waals surface area contributed by atoms with Gasteiger partial charge in [0.2, 0.25) is 0 Å². The Balaban J connectivity index is 1.88. The zero-order valence-corrected chi connectivity index (χ0v) is 13.6. The summed E-state index contributed by atoms with van der Waals surface area (Å²) in [5.41, 5.74) is 10.3. The number of hydrogen-bond donors (Lipinski definition) is 2. The lowest BCUT2D eigenvalue weighted by Crippen LogP contribution is -2.00. The van der Waals surface area contributed by atoms with Crippen LogP contribution in [0.3, 0.4) is 0 Å². The van der Waals surface area contributed by atoms with E-state index < -0.39 is 0 Å². The number of hydrogen-bond acceptors (Lipinski definition) is 6. The van der Waals surface area contributed by atoms with Crippen molar-refractivity contribution in [1.82, 2.24) is 9.97 Å². The van der Waals surface area contributed by atoms with Crippen LogP contribution in [-0.4, -0.2) is 30.7 Å². The Hall–Kier alpha value is -3.02. The van der Waals surface area contributed by atoms with E-state index in [1.807, 2.05) is 12.1 Å². The van der Waals surface area contributed by atoms with Crippen LogP contribution in [-0.2, 0) is 6.42 Å². The van der Waals surface area contributed by atoms with Crippen molar-refractivity contribution >= 4 is 22.4 Å². The molecule has 0 fully saturated rings. The van der Waals surface area contributed by atoms with Crippen LogP contribution in [0.4, 0.5) is 11.5 Å². The van der Waals surface area contributed by atoms with Gasteiger partial charge in [-0.25, -0.2) is 9.97 Å². The van der Waals surface area contributed by atoms with Gasteiger partial charge in [0, 0.05) is 29.2 Å². The third-order valence-corrected chi connectivity index (χ3v) is 4.30. The van der Waals surface area contributed by atoms with Gasteiger partial charge in [0.05, 0.1) is 19.7 Å². The maximum atomic E-state index is 6.16. The molecule has 0 saturated heterocycles. The summed E-state index contributed by atoms with van der Waals surface area (Å²) in [6.45, 7) is 0.969. The summed E-state index contributed by atoms with van der Waals surface area (Å²) >= 11 is 0. The molecule has 0 radical (unpaired) electrons. The van der Waals surface area contributed by atoms with Crippen LogP contribution in [0.1, 0.15) is 5.56 Å². The van der Waals surface area contributed by atoms with Gasteiger partial charge in [-0.05, 0) is 36.2 Å². The van der Waals surface area contributed by atoms with Crippen molar-refractivity contribution < 1.29 is 9.47 Å². The number of fused-ring (bicyclic) bond motifs is 2. The number of nitrogens with two attached hydrogens (primary N) is 1. The molecular formula is C18H18N4O2. The highest BCUT2D eigenvalue weighted by Gasteiger charge is 2.15. The first kappa shape index (κ1) is 14.6. The summed E-state index contributed by atoms with van der Waals surface area (Å²) in [5.74, 6) is 2.26. The maximum Gasteiger partial charge on any atom is 0.162 e. The number of aromatic nitrogens is 2. The molecule has 0 bridgehead atoms. The van der Waals surface area contributed by atoms with Gasteiger partial charge in [-0.3, -0.25) is 0 Å². The molecular weight excluding hydrogens is 304 g/mol. The highest BCUT2D eigenvalue weighted by atomic mass is 16.5. The number of nitrogen functional groups attached to an aromatic ring is 1. The molecule has 1 aliphatic heterocycles. The molecule has 4 rings (SSSR count). The van der Waals surface area contributed by atoms with Gasteiger partial charge < -0.3 is 20.5 Å². The highest BCUT2D eigenvalue weighted by molar-refractivity contribution is 5.92. The van der Waals surface area contributed by atoms with E-state index in [2.05, 4.69) is 27.4 Å². The van der Waals surface area contributed by atoms with Gasteiger partial charge in [-0.2, -0.15) is 0 Å². The zero-order valence-electron chi connectivity index (χ0n) is 13.6. The number of nitrogens with zero attached hydrogens (tertiary/aromatic N) is 2. The predicted octanol–water partition coefficient (Wildman–Crippen LogP) is 2.86. The molecule has 3 N–H and O–H groups in total. The Morgan fingerprint density at radius 3 is 2.62 bits per heavy atom. The fraction of sp³-hybridized carbons (Fsp3) is 0.222. The van der Waals surface area contributed by atoms with Crippen molar-refractivity contribution in [3.05, 3.63) is 35.9 Å². The average Bonchev–Trinajstić information content (AvgIpc) is 3.08. The largest absolute Gasteiger partial charge is 0.493 e. The molecule has 1 aliphatic rings. The van der Waals surface area contributed by atoms with Gasteiger partial charge in [-0.15, -0.1) is 0 Å². The fourth-order valence-electron chi connectivity index (χ4n) is 3.05. The third-order valence-electron chi connectivity index (χ3n) is 4.30. The molecule has 0 aliphatic carbocycles. The first-order valence-corrected chi connectivity index (χ1v) is 7.76. The van der Waals surface area contributed by atoms with Crippen LogP contribution in [0, 0.1) is 0 Å². The van der Waals surface area contributed by atoms with Gasteiger partial charge >= 0.3 is 0 Å². The van der Waals surface area contributed by atoms with Gasteiger partial charge in [0.25, 0.3) is 0 Å². The molecule has 0 unspecified atom stereocenters. The minimum Gasteiger partial charge on any atom is -0.493 e. The van der Waals surface area contributed by atoms with E-state index in [1.54, 1.807) is 20.3 Å².